The predicted octanol–water partition coefficient (Wildman–Crippen LogP) is -5.06. The molecule has 10 atom stereocenters. The number of rotatable bonds is 29. The quantitative estimate of drug-likeness (QED) is 0.0190. The van der Waals surface area contributed by atoms with Crippen LogP contribution in [0.5, 0.6) is 0 Å². The highest BCUT2D eigenvalue weighted by molar-refractivity contribution is 5.98. The number of carbonyl (C=O) groups is 8. The van der Waals surface area contributed by atoms with Crippen LogP contribution in [0, 0.1) is 11.8 Å². The number of carboxylic acid groups (broad SMARTS) is 1. The van der Waals surface area contributed by atoms with Gasteiger partial charge in [0.05, 0.1) is 19.3 Å². The molecule has 18 N–H and O–H groups in total. The molecule has 7 amide bonds. The van der Waals surface area contributed by atoms with E-state index >= 15 is 0 Å². The monoisotopic (exact) mass is 901 g/mol. The maximum atomic E-state index is 14.1. The minimum Gasteiger partial charge on any atom is -0.480 e. The Morgan fingerprint density at radius 3 is 1.81 bits per heavy atom. The molecule has 0 bridgehead atoms. The summed E-state index contributed by atoms with van der Waals surface area (Å²) in [7, 11) is 0. The molecule has 0 aromatic rings. The largest absolute Gasteiger partial charge is 0.480 e. The van der Waals surface area contributed by atoms with Gasteiger partial charge in [0.2, 0.25) is 41.4 Å². The van der Waals surface area contributed by atoms with Crippen LogP contribution in [0.25, 0.3) is 0 Å². The number of unbranched alkanes of at least 4 members (excludes halogenated alkanes) is 1. The van der Waals surface area contributed by atoms with Crippen molar-refractivity contribution in [1.29, 1.82) is 0 Å². The van der Waals surface area contributed by atoms with E-state index in [0.717, 1.165) is 0 Å². The summed E-state index contributed by atoms with van der Waals surface area (Å²) >= 11 is 0. The minimum absolute atomic E-state index is 0.0295. The van der Waals surface area contributed by atoms with Gasteiger partial charge in [-0.3, -0.25) is 38.6 Å². The number of aliphatic imine (C=N–C) groups is 1. The predicted molar refractivity (Wildman–Crippen MR) is 230 cm³/mol. The van der Waals surface area contributed by atoms with Crippen LogP contribution in [0.15, 0.2) is 4.99 Å². The molecular formula is C39H72N12O12. The van der Waals surface area contributed by atoms with Gasteiger partial charge in [0, 0.05) is 13.1 Å². The lowest BCUT2D eigenvalue weighted by atomic mass is 9.98. The second kappa shape index (κ2) is 28.5. The lowest BCUT2D eigenvalue weighted by Crippen LogP contribution is -2.62. The highest BCUT2D eigenvalue weighted by atomic mass is 16.4. The van der Waals surface area contributed by atoms with Crippen molar-refractivity contribution in [3.8, 4) is 0 Å². The number of nitrogens with two attached hydrogens (primary N) is 4. The SMILES string of the molecule is CC[C@H](C)[C@H](NC(=O)[C@H](CCCCN)NC(=O)[C@H](CO)NC(=O)[C@@H](NC(=O)[C@@H]1CCCN1C(=O)[C@H](CC(C)C)NC(=O)[C@H](CCCN=C(N)N)NC(=O)[C@@H](N)CO)[C@@H](C)O)C(=O)O. The van der Waals surface area contributed by atoms with Crippen LogP contribution < -0.4 is 54.8 Å². The fourth-order valence-electron chi connectivity index (χ4n) is 6.68. The van der Waals surface area contributed by atoms with Gasteiger partial charge in [-0.15, -0.1) is 0 Å². The zero-order valence-corrected chi connectivity index (χ0v) is 37.0. The molecule has 1 fully saturated rings. The number of aliphatic carboxylic acids is 1. The van der Waals surface area contributed by atoms with Crippen molar-refractivity contribution in [3.63, 3.8) is 0 Å². The number of hydrogen-bond acceptors (Lipinski definition) is 14. The molecule has 0 aromatic carbocycles. The van der Waals surface area contributed by atoms with Crippen LogP contribution in [-0.4, -0.2) is 166 Å². The molecule has 63 heavy (non-hydrogen) atoms. The van der Waals surface area contributed by atoms with Crippen LogP contribution in [0.2, 0.25) is 0 Å². The van der Waals surface area contributed by atoms with Crippen LogP contribution >= 0.6 is 0 Å². The highest BCUT2D eigenvalue weighted by Gasteiger charge is 2.41. The molecule has 24 heteroatoms. The Morgan fingerprint density at radius 1 is 0.730 bits per heavy atom. The van der Waals surface area contributed by atoms with Crippen LogP contribution in [-0.2, 0) is 38.4 Å². The number of aliphatic hydroxyl groups is 3. The molecule has 1 aliphatic rings. The summed E-state index contributed by atoms with van der Waals surface area (Å²) in [5.41, 5.74) is 22.0. The Hall–Kier alpha value is -5.17. The lowest BCUT2D eigenvalue weighted by Gasteiger charge is -2.32. The van der Waals surface area contributed by atoms with E-state index in [0.29, 0.717) is 25.7 Å². The molecule has 0 spiro atoms. The molecule has 1 rings (SSSR count). The molecule has 360 valence electrons. The second-order valence-corrected chi connectivity index (χ2v) is 16.2. The third kappa shape index (κ3) is 19.0. The minimum atomic E-state index is -1.70. The fraction of sp³-hybridized carbons (Fsp3) is 0.769. The zero-order valence-electron chi connectivity index (χ0n) is 37.0. The summed E-state index contributed by atoms with van der Waals surface area (Å²) < 4.78 is 0. The van der Waals surface area contributed by atoms with Gasteiger partial charge in [-0.25, -0.2) is 4.79 Å². The van der Waals surface area contributed by atoms with E-state index in [1.54, 1.807) is 27.7 Å². The normalized spacial score (nSPS) is 18.0. The first-order valence-corrected chi connectivity index (χ1v) is 21.4. The van der Waals surface area contributed by atoms with Gasteiger partial charge in [-0.1, -0.05) is 34.1 Å². The smallest absolute Gasteiger partial charge is 0.326 e. The average Bonchev–Trinajstić information content (AvgIpc) is 3.73. The van der Waals surface area contributed by atoms with E-state index in [-0.39, 0.29) is 63.6 Å². The summed E-state index contributed by atoms with van der Waals surface area (Å²) in [6.45, 7) is 7.03. The molecule has 0 unspecified atom stereocenters. The maximum absolute atomic E-state index is 14.1. The van der Waals surface area contributed by atoms with E-state index in [2.05, 4.69) is 36.9 Å². The first-order chi connectivity index (χ1) is 29.6. The third-order valence-corrected chi connectivity index (χ3v) is 10.5. The van der Waals surface area contributed by atoms with Crippen molar-refractivity contribution < 1.29 is 58.8 Å². The van der Waals surface area contributed by atoms with Gasteiger partial charge < -0.3 is 80.2 Å². The average molecular weight is 901 g/mol. The van der Waals surface area contributed by atoms with E-state index in [4.69, 9.17) is 22.9 Å². The molecule has 0 radical (unpaired) electrons. The molecule has 24 nitrogen and oxygen atoms in total. The summed E-state index contributed by atoms with van der Waals surface area (Å²) in [5.74, 6) is -7.97. The molecule has 1 saturated heterocycles. The lowest BCUT2D eigenvalue weighted by molar-refractivity contribution is -0.144. The van der Waals surface area contributed by atoms with Crippen molar-refractivity contribution in [2.75, 3.05) is 32.8 Å². The molecule has 1 aliphatic heterocycles. The number of nitrogens with one attached hydrogen (secondary N) is 6. The topological polar surface area (TPSA) is 409 Å². The van der Waals surface area contributed by atoms with Gasteiger partial charge in [0.1, 0.15) is 48.3 Å². The number of carboxylic acids is 1. The number of nitrogens with zero attached hydrogens (tertiary/aromatic N) is 2. The zero-order chi connectivity index (χ0) is 48.0. The van der Waals surface area contributed by atoms with Gasteiger partial charge >= 0.3 is 5.97 Å². The number of amides is 7. The van der Waals surface area contributed by atoms with Gasteiger partial charge in [0.15, 0.2) is 5.96 Å². The second-order valence-electron chi connectivity index (χ2n) is 16.2. The van der Waals surface area contributed by atoms with Crippen molar-refractivity contribution in [3.05, 3.63) is 0 Å². The Kier molecular flexibility index (Phi) is 25.3. The summed E-state index contributed by atoms with van der Waals surface area (Å²) in [5, 5.41) is 54.5. The van der Waals surface area contributed by atoms with Crippen molar-refractivity contribution in [2.45, 2.75) is 147 Å². The number of hydrogen-bond donors (Lipinski definition) is 14. The molecule has 0 saturated carbocycles. The maximum Gasteiger partial charge on any atom is 0.326 e. The van der Waals surface area contributed by atoms with Gasteiger partial charge in [0.25, 0.3) is 0 Å². The fourth-order valence-corrected chi connectivity index (χ4v) is 6.68. The van der Waals surface area contributed by atoms with Gasteiger partial charge in [-0.05, 0) is 76.7 Å². The Balaban J connectivity index is 3.24. The van der Waals surface area contributed by atoms with E-state index in [9.17, 15) is 58.8 Å². The van der Waals surface area contributed by atoms with Crippen LogP contribution in [0.1, 0.15) is 92.4 Å². The Bertz CT molecular complexity index is 1560. The van der Waals surface area contributed by atoms with E-state index in [1.165, 1.54) is 11.8 Å². The summed E-state index contributed by atoms with van der Waals surface area (Å²) in [6, 6.07) is -10.8. The molecule has 0 aliphatic carbocycles. The highest BCUT2D eigenvalue weighted by Crippen LogP contribution is 2.21. The number of likely N-dealkylation sites (tertiary alicyclic amines) is 1. The van der Waals surface area contributed by atoms with Crippen LogP contribution in [0.4, 0.5) is 0 Å². The summed E-state index contributed by atoms with van der Waals surface area (Å²) in [6.07, 6.45) is 0.668. The first kappa shape index (κ1) is 55.8. The summed E-state index contributed by atoms with van der Waals surface area (Å²) in [4.78, 5) is 111. The standard InChI is InChI=1S/C39H72N12O12/c1-6-21(4)29(38(62)63)49-33(57)24(11-7-8-14-40)46-34(58)27(19-53)48-36(60)30(22(5)54)50-35(59)28-13-10-16-51(28)37(61)26(17-20(2)3)47-32(56)25(12-9-15-44-39(42)43)45-31(55)23(41)18-52/h20-30,52-54H,6-19,40-41H2,1-5H3,(H,45,55)(H,46,58)(H,47,56)(H,48,60)(H,49,57)(H,50,59)(H,62,63)(H4,42,43,44)/t21-,22+,23-,24-,25-,26-,27-,28-,29-,30-/m0/s1. The van der Waals surface area contributed by atoms with Crippen molar-refractivity contribution >= 4 is 53.3 Å². The molecular weight excluding hydrogens is 829 g/mol. The Morgan fingerprint density at radius 2 is 1.29 bits per heavy atom. The van der Waals surface area contributed by atoms with Gasteiger partial charge in [-0.2, -0.15) is 0 Å². The number of carbonyl (C=O) groups excluding carboxylic acids is 7. The van der Waals surface area contributed by atoms with E-state index < -0.39 is 121 Å². The van der Waals surface area contributed by atoms with Crippen molar-refractivity contribution in [1.82, 2.24) is 36.8 Å². The number of aliphatic hydroxyl groups excluding tert-OH is 3. The van der Waals surface area contributed by atoms with E-state index in [1.807, 2.05) is 0 Å². The molecule has 0 aromatic heterocycles. The molecule has 1 heterocycles. The first-order valence-electron chi connectivity index (χ1n) is 21.4. The van der Waals surface area contributed by atoms with Crippen LogP contribution in [0.3, 0.4) is 0 Å². The number of guanidine groups is 1. The van der Waals surface area contributed by atoms with Crippen molar-refractivity contribution in [2.24, 2.45) is 39.8 Å². The third-order valence-electron chi connectivity index (χ3n) is 10.5. The Labute approximate surface area is 367 Å².